The van der Waals surface area contributed by atoms with Crippen molar-refractivity contribution in [2.45, 2.75) is 70.4 Å². The van der Waals surface area contributed by atoms with Gasteiger partial charge in [0.2, 0.25) is 0 Å². The van der Waals surface area contributed by atoms with E-state index in [0.717, 1.165) is 12.3 Å². The molecule has 0 aromatic carbocycles. The van der Waals surface area contributed by atoms with E-state index in [1.807, 2.05) is 0 Å². The molecule has 0 aromatic heterocycles. The van der Waals surface area contributed by atoms with E-state index in [1.54, 1.807) is 5.06 Å². The number of piperidine rings is 1. The van der Waals surface area contributed by atoms with Crippen LogP contribution in [-0.2, 0) is 0 Å². The lowest BCUT2D eigenvalue weighted by Gasteiger charge is -2.45. The summed E-state index contributed by atoms with van der Waals surface area (Å²) >= 11 is 0. The van der Waals surface area contributed by atoms with Crippen LogP contribution in [0.25, 0.3) is 0 Å². The van der Waals surface area contributed by atoms with Crippen molar-refractivity contribution in [1.29, 1.82) is 0 Å². The van der Waals surface area contributed by atoms with Crippen LogP contribution in [0.15, 0.2) is 0 Å². The van der Waals surface area contributed by atoms with Gasteiger partial charge in [0, 0.05) is 11.6 Å². The van der Waals surface area contributed by atoms with E-state index in [0.29, 0.717) is 6.04 Å². The smallest absolute Gasteiger partial charge is 0.0407 e. The van der Waals surface area contributed by atoms with Crippen LogP contribution in [0.4, 0.5) is 0 Å². The second-order valence-electron chi connectivity index (χ2n) is 5.66. The number of hydrogen-bond donors (Lipinski definition) is 1. The number of rotatable bonds is 1. The highest BCUT2D eigenvalue weighted by Crippen LogP contribution is 2.39. The standard InChI is InChI=1S/C12H23NO/c1-12(2)9-5-8-11(13(12)14)10-6-3-4-7-10/h10-11,14H,3-9H2,1-2H3. The van der Waals surface area contributed by atoms with Gasteiger partial charge in [0.25, 0.3) is 0 Å². The molecule has 1 aliphatic heterocycles. The summed E-state index contributed by atoms with van der Waals surface area (Å²) in [5.41, 5.74) is 0.00546. The van der Waals surface area contributed by atoms with Gasteiger partial charge >= 0.3 is 0 Å². The molecular formula is C12H23NO. The van der Waals surface area contributed by atoms with Crippen molar-refractivity contribution in [2.24, 2.45) is 5.92 Å². The van der Waals surface area contributed by atoms with E-state index in [-0.39, 0.29) is 5.54 Å². The maximum Gasteiger partial charge on any atom is 0.0407 e. The maximum absolute atomic E-state index is 10.2. The monoisotopic (exact) mass is 197 g/mol. The predicted molar refractivity (Wildman–Crippen MR) is 57.3 cm³/mol. The summed E-state index contributed by atoms with van der Waals surface area (Å²) in [7, 11) is 0. The SMILES string of the molecule is CC1(C)CCCC(C2CCCC2)N1O. The summed E-state index contributed by atoms with van der Waals surface area (Å²) in [4.78, 5) is 0. The van der Waals surface area contributed by atoms with Crippen LogP contribution in [-0.4, -0.2) is 21.9 Å². The van der Waals surface area contributed by atoms with Gasteiger partial charge in [-0.15, -0.1) is 0 Å². The van der Waals surface area contributed by atoms with Gasteiger partial charge in [-0.2, -0.15) is 5.06 Å². The third-order valence-electron chi connectivity index (χ3n) is 4.17. The lowest BCUT2D eigenvalue weighted by atomic mass is 9.83. The van der Waals surface area contributed by atoms with Gasteiger partial charge in [-0.05, 0) is 51.9 Å². The minimum absolute atomic E-state index is 0.00546. The van der Waals surface area contributed by atoms with Gasteiger partial charge in [-0.25, -0.2) is 0 Å². The second kappa shape index (κ2) is 3.82. The van der Waals surface area contributed by atoms with Crippen LogP contribution in [0.5, 0.6) is 0 Å². The lowest BCUT2D eigenvalue weighted by molar-refractivity contribution is -0.222. The molecule has 2 nitrogen and oxygen atoms in total. The van der Waals surface area contributed by atoms with Crippen LogP contribution in [0.3, 0.4) is 0 Å². The largest absolute Gasteiger partial charge is 0.313 e. The Labute approximate surface area is 87.3 Å². The fourth-order valence-electron chi connectivity index (χ4n) is 3.21. The molecule has 1 unspecified atom stereocenters. The zero-order valence-electron chi connectivity index (χ0n) is 9.50. The van der Waals surface area contributed by atoms with Gasteiger partial charge in [-0.3, -0.25) is 0 Å². The third-order valence-corrected chi connectivity index (χ3v) is 4.17. The van der Waals surface area contributed by atoms with Crippen molar-refractivity contribution in [3.8, 4) is 0 Å². The van der Waals surface area contributed by atoms with E-state index in [9.17, 15) is 5.21 Å². The van der Waals surface area contributed by atoms with Gasteiger partial charge in [0.05, 0.1) is 0 Å². The van der Waals surface area contributed by atoms with Crippen molar-refractivity contribution in [2.75, 3.05) is 0 Å². The van der Waals surface area contributed by atoms with E-state index < -0.39 is 0 Å². The molecule has 0 amide bonds. The number of hydroxylamine groups is 2. The lowest BCUT2D eigenvalue weighted by Crippen LogP contribution is -2.53. The Morgan fingerprint density at radius 1 is 1.07 bits per heavy atom. The molecule has 0 bridgehead atoms. The summed E-state index contributed by atoms with van der Waals surface area (Å²) in [6.07, 6.45) is 9.02. The van der Waals surface area contributed by atoms with Crippen molar-refractivity contribution < 1.29 is 5.21 Å². The summed E-state index contributed by atoms with van der Waals surface area (Å²) in [5.74, 6) is 0.763. The zero-order valence-corrected chi connectivity index (χ0v) is 9.50. The molecule has 2 fully saturated rings. The first-order chi connectivity index (χ1) is 6.61. The van der Waals surface area contributed by atoms with Crippen LogP contribution in [0.2, 0.25) is 0 Å². The van der Waals surface area contributed by atoms with E-state index >= 15 is 0 Å². The highest BCUT2D eigenvalue weighted by molar-refractivity contribution is 4.90. The highest BCUT2D eigenvalue weighted by atomic mass is 16.5. The molecule has 0 spiro atoms. The highest BCUT2D eigenvalue weighted by Gasteiger charge is 2.39. The maximum atomic E-state index is 10.2. The molecule has 1 aliphatic carbocycles. The minimum Gasteiger partial charge on any atom is -0.313 e. The first kappa shape index (κ1) is 10.4. The first-order valence-corrected chi connectivity index (χ1v) is 6.09. The molecule has 0 radical (unpaired) electrons. The molecule has 82 valence electrons. The predicted octanol–water partition coefficient (Wildman–Crippen LogP) is 3.20. The molecule has 1 saturated carbocycles. The van der Waals surface area contributed by atoms with Gasteiger partial charge in [-0.1, -0.05) is 12.8 Å². The topological polar surface area (TPSA) is 23.5 Å². The molecule has 14 heavy (non-hydrogen) atoms. The molecule has 2 rings (SSSR count). The Hall–Kier alpha value is -0.0800. The fourth-order valence-corrected chi connectivity index (χ4v) is 3.21. The molecule has 2 heteroatoms. The second-order valence-corrected chi connectivity index (χ2v) is 5.66. The minimum atomic E-state index is 0.00546. The van der Waals surface area contributed by atoms with Crippen LogP contribution in [0, 0.1) is 5.92 Å². The molecule has 2 aliphatic rings. The van der Waals surface area contributed by atoms with E-state index in [4.69, 9.17) is 0 Å². The van der Waals surface area contributed by atoms with Crippen LogP contribution < -0.4 is 0 Å². The Morgan fingerprint density at radius 3 is 2.36 bits per heavy atom. The quantitative estimate of drug-likeness (QED) is 0.697. The summed E-state index contributed by atoms with van der Waals surface area (Å²) in [6, 6.07) is 0.446. The summed E-state index contributed by atoms with van der Waals surface area (Å²) < 4.78 is 0. The molecular weight excluding hydrogens is 174 g/mol. The molecule has 1 N–H and O–H groups in total. The van der Waals surface area contributed by atoms with Crippen LogP contribution >= 0.6 is 0 Å². The Morgan fingerprint density at radius 2 is 1.71 bits per heavy atom. The molecule has 0 aromatic rings. The Bertz CT molecular complexity index is 196. The number of hydrogen-bond acceptors (Lipinski definition) is 2. The summed E-state index contributed by atoms with van der Waals surface area (Å²) in [6.45, 7) is 4.32. The average molecular weight is 197 g/mol. The Kier molecular flexibility index (Phi) is 2.85. The van der Waals surface area contributed by atoms with E-state index in [2.05, 4.69) is 13.8 Å². The molecule has 1 atom stereocenters. The van der Waals surface area contributed by atoms with Gasteiger partial charge in [0.15, 0.2) is 0 Å². The third kappa shape index (κ3) is 1.82. The zero-order chi connectivity index (χ0) is 10.2. The average Bonchev–Trinajstić information content (AvgIpc) is 2.62. The van der Waals surface area contributed by atoms with Gasteiger partial charge < -0.3 is 5.21 Å². The first-order valence-electron chi connectivity index (χ1n) is 6.09. The van der Waals surface area contributed by atoms with E-state index in [1.165, 1.54) is 38.5 Å². The fraction of sp³-hybridized carbons (Fsp3) is 1.00. The normalized spacial score (nSPS) is 34.9. The van der Waals surface area contributed by atoms with Crippen molar-refractivity contribution >= 4 is 0 Å². The Balaban J connectivity index is 2.03. The molecule has 1 saturated heterocycles. The number of nitrogens with zero attached hydrogens (tertiary/aromatic N) is 1. The summed E-state index contributed by atoms with van der Waals surface area (Å²) in [5, 5.41) is 11.9. The van der Waals surface area contributed by atoms with Crippen molar-refractivity contribution in [3.63, 3.8) is 0 Å². The van der Waals surface area contributed by atoms with Crippen molar-refractivity contribution in [3.05, 3.63) is 0 Å². The van der Waals surface area contributed by atoms with Crippen LogP contribution in [0.1, 0.15) is 58.8 Å². The van der Waals surface area contributed by atoms with Crippen molar-refractivity contribution in [1.82, 2.24) is 5.06 Å². The molecule has 1 heterocycles. The van der Waals surface area contributed by atoms with Gasteiger partial charge in [0.1, 0.15) is 0 Å².